The number of anilines is 2. The van der Waals surface area contributed by atoms with E-state index < -0.39 is 0 Å². The highest BCUT2D eigenvalue weighted by molar-refractivity contribution is 6.07. The predicted octanol–water partition coefficient (Wildman–Crippen LogP) is 4.84. The number of rotatable bonds is 8. The summed E-state index contributed by atoms with van der Waals surface area (Å²) in [5.74, 6) is 1.19. The molecule has 6 heteroatoms. The summed E-state index contributed by atoms with van der Waals surface area (Å²) in [5.41, 5.74) is 3.56. The third-order valence-electron chi connectivity index (χ3n) is 5.87. The van der Waals surface area contributed by atoms with Crippen LogP contribution in [0.25, 0.3) is 10.9 Å². The maximum atomic E-state index is 13.0. The average Bonchev–Trinajstić information content (AvgIpc) is 3.21. The van der Waals surface area contributed by atoms with Crippen molar-refractivity contribution in [2.24, 2.45) is 0 Å². The first-order chi connectivity index (χ1) is 15.5. The minimum absolute atomic E-state index is 0.130. The van der Waals surface area contributed by atoms with E-state index in [1.807, 2.05) is 41.3 Å². The zero-order chi connectivity index (χ0) is 22.5. The molecule has 166 valence electrons. The van der Waals surface area contributed by atoms with Crippen LogP contribution < -0.4 is 10.6 Å². The van der Waals surface area contributed by atoms with Gasteiger partial charge in [0.25, 0.3) is 5.91 Å². The van der Waals surface area contributed by atoms with Crippen LogP contribution in [0.2, 0.25) is 0 Å². The lowest BCUT2D eigenvalue weighted by Crippen LogP contribution is -2.30. The third-order valence-corrected chi connectivity index (χ3v) is 5.87. The number of carbonyl (C=O) groups excluding carboxylic acids is 2. The van der Waals surface area contributed by atoms with Gasteiger partial charge in [-0.25, -0.2) is 4.98 Å². The molecule has 0 aliphatic carbocycles. The van der Waals surface area contributed by atoms with Crippen LogP contribution in [0.3, 0.4) is 0 Å². The van der Waals surface area contributed by atoms with Crippen molar-refractivity contribution in [3.63, 3.8) is 0 Å². The fourth-order valence-electron chi connectivity index (χ4n) is 4.03. The van der Waals surface area contributed by atoms with Crippen LogP contribution in [0.5, 0.6) is 0 Å². The molecular formula is C26H30N4O2. The Kier molecular flexibility index (Phi) is 6.69. The highest BCUT2D eigenvalue weighted by atomic mass is 16.2. The molecule has 4 rings (SSSR count). The number of carbonyl (C=O) groups is 2. The number of amides is 2. The number of hydrogen-bond acceptors (Lipinski definition) is 4. The summed E-state index contributed by atoms with van der Waals surface area (Å²) in [6.45, 7) is 6.38. The molecule has 6 nitrogen and oxygen atoms in total. The maximum absolute atomic E-state index is 13.0. The van der Waals surface area contributed by atoms with E-state index in [4.69, 9.17) is 4.98 Å². The standard InChI is InChI=1S/C26H30N4O2/c1-18(2)19-10-12-20(13-11-19)28-24-17-22(21-7-3-4-8-23(21)29-24)26(32)27-14-6-16-30-15-5-9-25(30)31/h3-4,7-8,10-13,17-18H,5-6,9,14-16H2,1-2H3,(H,27,32)(H,28,29). The van der Waals surface area contributed by atoms with Crippen LogP contribution in [-0.2, 0) is 4.79 Å². The molecule has 32 heavy (non-hydrogen) atoms. The van der Waals surface area contributed by atoms with E-state index in [1.54, 1.807) is 6.07 Å². The Bertz CT molecular complexity index is 1110. The molecule has 0 bridgehead atoms. The van der Waals surface area contributed by atoms with Crippen LogP contribution in [0.15, 0.2) is 54.6 Å². The molecule has 3 aromatic rings. The molecule has 2 aromatic carbocycles. The molecule has 2 heterocycles. The van der Waals surface area contributed by atoms with Gasteiger partial charge in [-0.1, -0.05) is 44.2 Å². The lowest BCUT2D eigenvalue weighted by Gasteiger charge is -2.16. The molecule has 2 amide bonds. The lowest BCUT2D eigenvalue weighted by atomic mass is 10.0. The van der Waals surface area contributed by atoms with Crippen molar-refractivity contribution >= 4 is 34.2 Å². The van der Waals surface area contributed by atoms with Crippen molar-refractivity contribution in [3.8, 4) is 0 Å². The molecule has 1 aliphatic rings. The second-order valence-corrected chi connectivity index (χ2v) is 8.57. The molecule has 0 atom stereocenters. The van der Waals surface area contributed by atoms with Gasteiger partial charge in [0.05, 0.1) is 11.1 Å². The van der Waals surface area contributed by atoms with E-state index in [-0.39, 0.29) is 11.8 Å². The highest BCUT2D eigenvalue weighted by Gasteiger charge is 2.19. The van der Waals surface area contributed by atoms with Crippen LogP contribution in [0, 0.1) is 0 Å². The van der Waals surface area contributed by atoms with Gasteiger partial charge >= 0.3 is 0 Å². The Morgan fingerprint density at radius 3 is 2.62 bits per heavy atom. The first-order valence-corrected chi connectivity index (χ1v) is 11.3. The molecule has 1 saturated heterocycles. The van der Waals surface area contributed by atoms with Crippen LogP contribution in [-0.4, -0.2) is 41.3 Å². The van der Waals surface area contributed by atoms with Gasteiger partial charge in [-0.15, -0.1) is 0 Å². The largest absolute Gasteiger partial charge is 0.352 e. The Morgan fingerprint density at radius 2 is 1.91 bits per heavy atom. The average molecular weight is 431 g/mol. The third kappa shape index (κ3) is 5.07. The summed E-state index contributed by atoms with van der Waals surface area (Å²) in [4.78, 5) is 31.3. The number of hydrogen-bond donors (Lipinski definition) is 2. The normalized spacial score (nSPS) is 13.7. The van der Waals surface area contributed by atoms with E-state index in [9.17, 15) is 9.59 Å². The SMILES string of the molecule is CC(C)c1ccc(Nc2cc(C(=O)NCCCN3CCCC3=O)c3ccccc3n2)cc1. The summed E-state index contributed by atoms with van der Waals surface area (Å²) >= 11 is 0. The van der Waals surface area contributed by atoms with Crippen LogP contribution >= 0.6 is 0 Å². The summed E-state index contributed by atoms with van der Waals surface area (Å²) < 4.78 is 0. The van der Waals surface area contributed by atoms with E-state index in [1.165, 1.54) is 5.56 Å². The smallest absolute Gasteiger partial charge is 0.252 e. The quantitative estimate of drug-likeness (QED) is 0.501. The van der Waals surface area contributed by atoms with Crippen molar-refractivity contribution in [1.29, 1.82) is 0 Å². The topological polar surface area (TPSA) is 74.3 Å². The number of aromatic nitrogens is 1. The fourth-order valence-corrected chi connectivity index (χ4v) is 4.03. The van der Waals surface area contributed by atoms with Gasteiger partial charge in [0, 0.05) is 37.1 Å². The molecule has 2 N–H and O–H groups in total. The zero-order valence-corrected chi connectivity index (χ0v) is 18.7. The number of fused-ring (bicyclic) bond motifs is 1. The van der Waals surface area contributed by atoms with Crippen molar-refractivity contribution < 1.29 is 9.59 Å². The van der Waals surface area contributed by atoms with Gasteiger partial charge in [0.1, 0.15) is 5.82 Å². The van der Waals surface area contributed by atoms with Gasteiger partial charge in [0.15, 0.2) is 0 Å². The van der Waals surface area contributed by atoms with E-state index in [2.05, 4.69) is 36.6 Å². The molecule has 1 aliphatic heterocycles. The van der Waals surface area contributed by atoms with Crippen LogP contribution in [0.1, 0.15) is 54.9 Å². The van der Waals surface area contributed by atoms with Crippen molar-refractivity contribution in [2.45, 2.75) is 39.0 Å². The number of para-hydroxylation sites is 1. The second kappa shape index (κ2) is 9.81. The maximum Gasteiger partial charge on any atom is 0.252 e. The van der Waals surface area contributed by atoms with E-state index >= 15 is 0 Å². The molecule has 0 radical (unpaired) electrons. The Hall–Kier alpha value is -3.41. The Labute approximate surface area is 189 Å². The Balaban J connectivity index is 1.47. The van der Waals surface area contributed by atoms with Crippen molar-refractivity contribution in [1.82, 2.24) is 15.2 Å². The minimum atomic E-state index is -0.130. The summed E-state index contributed by atoms with van der Waals surface area (Å²) in [7, 11) is 0. The van der Waals surface area contributed by atoms with Gasteiger partial charge in [-0.3, -0.25) is 9.59 Å². The number of pyridine rings is 1. The summed E-state index contributed by atoms with van der Waals surface area (Å²) in [5, 5.41) is 7.16. The van der Waals surface area contributed by atoms with Gasteiger partial charge in [0.2, 0.25) is 5.91 Å². The van der Waals surface area contributed by atoms with Crippen molar-refractivity contribution in [2.75, 3.05) is 25.0 Å². The number of nitrogens with one attached hydrogen (secondary N) is 2. The summed E-state index contributed by atoms with van der Waals surface area (Å²) in [6.07, 6.45) is 2.32. The van der Waals surface area contributed by atoms with E-state index in [0.717, 1.165) is 36.0 Å². The highest BCUT2D eigenvalue weighted by Crippen LogP contribution is 2.24. The minimum Gasteiger partial charge on any atom is -0.352 e. The monoisotopic (exact) mass is 430 g/mol. The Morgan fingerprint density at radius 1 is 1.12 bits per heavy atom. The van der Waals surface area contributed by atoms with Gasteiger partial charge < -0.3 is 15.5 Å². The second-order valence-electron chi connectivity index (χ2n) is 8.57. The summed E-state index contributed by atoms with van der Waals surface area (Å²) in [6, 6.07) is 17.7. The predicted molar refractivity (Wildman–Crippen MR) is 128 cm³/mol. The number of benzene rings is 2. The van der Waals surface area contributed by atoms with E-state index in [0.29, 0.717) is 36.8 Å². The lowest BCUT2D eigenvalue weighted by molar-refractivity contribution is -0.127. The molecular weight excluding hydrogens is 400 g/mol. The first-order valence-electron chi connectivity index (χ1n) is 11.3. The number of likely N-dealkylation sites (tertiary alicyclic amines) is 1. The fraction of sp³-hybridized carbons (Fsp3) is 0.346. The van der Waals surface area contributed by atoms with Gasteiger partial charge in [-0.2, -0.15) is 0 Å². The first kappa shape index (κ1) is 21.8. The molecule has 0 spiro atoms. The van der Waals surface area contributed by atoms with Crippen LogP contribution in [0.4, 0.5) is 11.5 Å². The number of nitrogens with zero attached hydrogens (tertiary/aromatic N) is 2. The molecule has 1 aromatic heterocycles. The molecule has 1 fully saturated rings. The zero-order valence-electron chi connectivity index (χ0n) is 18.7. The van der Waals surface area contributed by atoms with Gasteiger partial charge in [-0.05, 0) is 48.6 Å². The van der Waals surface area contributed by atoms with Crippen molar-refractivity contribution in [3.05, 3.63) is 65.7 Å². The molecule has 0 saturated carbocycles. The molecule has 0 unspecified atom stereocenters.